The average Bonchev–Trinajstić information content (AvgIpc) is 3.12. The van der Waals surface area contributed by atoms with Crippen molar-refractivity contribution in [3.63, 3.8) is 0 Å². The largest absolute Gasteiger partial charge is 0.454 e. The molecule has 0 aromatic heterocycles. The van der Waals surface area contributed by atoms with E-state index in [9.17, 15) is 4.79 Å². The SMILES string of the molecule is C[C@]1(c2cccc3c2OCO3)C[C@H](c2ccccc2)C(=O)O1. The Hall–Kier alpha value is -2.49. The van der Waals surface area contributed by atoms with Gasteiger partial charge in [-0.25, -0.2) is 0 Å². The zero-order valence-electron chi connectivity index (χ0n) is 12.2. The van der Waals surface area contributed by atoms with E-state index in [4.69, 9.17) is 14.2 Å². The molecule has 0 N–H and O–H groups in total. The van der Waals surface area contributed by atoms with Crippen LogP contribution in [0.2, 0.25) is 0 Å². The predicted molar refractivity (Wildman–Crippen MR) is 79.8 cm³/mol. The van der Waals surface area contributed by atoms with Gasteiger partial charge in [0.25, 0.3) is 0 Å². The minimum absolute atomic E-state index is 0.190. The first-order valence-corrected chi connectivity index (χ1v) is 7.34. The van der Waals surface area contributed by atoms with Crippen molar-refractivity contribution in [1.29, 1.82) is 0 Å². The molecular weight excluding hydrogens is 280 g/mol. The first kappa shape index (κ1) is 13.2. The van der Waals surface area contributed by atoms with E-state index in [1.54, 1.807) is 0 Å². The second-order valence-electron chi connectivity index (χ2n) is 5.86. The zero-order valence-corrected chi connectivity index (χ0v) is 12.2. The Bertz CT molecular complexity index is 725. The molecule has 2 heterocycles. The first-order chi connectivity index (χ1) is 10.7. The minimum Gasteiger partial charge on any atom is -0.454 e. The summed E-state index contributed by atoms with van der Waals surface area (Å²) in [6.07, 6.45) is 0.593. The number of rotatable bonds is 2. The molecule has 0 aliphatic carbocycles. The fourth-order valence-corrected chi connectivity index (χ4v) is 3.26. The number of carbonyl (C=O) groups is 1. The summed E-state index contributed by atoms with van der Waals surface area (Å²) < 4.78 is 16.7. The maximum absolute atomic E-state index is 12.4. The van der Waals surface area contributed by atoms with E-state index in [0.717, 1.165) is 11.1 Å². The van der Waals surface area contributed by atoms with Crippen LogP contribution in [0.1, 0.15) is 30.4 Å². The lowest BCUT2D eigenvalue weighted by atomic mass is 9.85. The number of hydrogen-bond donors (Lipinski definition) is 0. The third kappa shape index (κ3) is 1.95. The van der Waals surface area contributed by atoms with E-state index in [2.05, 4.69) is 0 Å². The number of cyclic esters (lactones) is 1. The molecule has 0 amide bonds. The summed E-state index contributed by atoms with van der Waals surface area (Å²) in [5.74, 6) is 0.957. The van der Waals surface area contributed by atoms with Crippen LogP contribution in [0.25, 0.3) is 0 Å². The summed E-state index contributed by atoms with van der Waals surface area (Å²) in [4.78, 5) is 12.4. The first-order valence-electron chi connectivity index (χ1n) is 7.34. The molecule has 22 heavy (non-hydrogen) atoms. The zero-order chi connectivity index (χ0) is 15.2. The number of para-hydroxylation sites is 1. The highest BCUT2D eigenvalue weighted by Crippen LogP contribution is 2.49. The fraction of sp³-hybridized carbons (Fsp3) is 0.278. The molecule has 0 unspecified atom stereocenters. The molecule has 0 saturated carbocycles. The highest BCUT2D eigenvalue weighted by molar-refractivity contribution is 5.81. The normalized spacial score (nSPS) is 26.0. The molecular formula is C18H16O4. The number of fused-ring (bicyclic) bond motifs is 1. The van der Waals surface area contributed by atoms with Gasteiger partial charge < -0.3 is 14.2 Å². The van der Waals surface area contributed by atoms with Crippen molar-refractivity contribution in [2.24, 2.45) is 0 Å². The number of carbonyl (C=O) groups excluding carboxylic acids is 1. The molecule has 2 aliphatic heterocycles. The Morgan fingerprint density at radius 2 is 1.86 bits per heavy atom. The van der Waals surface area contributed by atoms with E-state index >= 15 is 0 Å². The topological polar surface area (TPSA) is 44.8 Å². The van der Waals surface area contributed by atoms with Crippen LogP contribution >= 0.6 is 0 Å². The summed E-state index contributed by atoms with van der Waals surface area (Å²) in [5, 5.41) is 0. The number of benzene rings is 2. The Kier molecular flexibility index (Phi) is 2.86. The summed E-state index contributed by atoms with van der Waals surface area (Å²) in [6.45, 7) is 2.14. The van der Waals surface area contributed by atoms with Crippen LogP contribution in [0.15, 0.2) is 48.5 Å². The van der Waals surface area contributed by atoms with Crippen LogP contribution in [0, 0.1) is 0 Å². The minimum atomic E-state index is -0.698. The molecule has 0 radical (unpaired) electrons. The molecule has 4 heteroatoms. The maximum Gasteiger partial charge on any atom is 0.314 e. The van der Waals surface area contributed by atoms with Crippen molar-refractivity contribution in [3.8, 4) is 11.5 Å². The Morgan fingerprint density at radius 3 is 2.68 bits per heavy atom. The van der Waals surface area contributed by atoms with Gasteiger partial charge in [0, 0.05) is 12.0 Å². The van der Waals surface area contributed by atoms with Gasteiger partial charge >= 0.3 is 5.97 Å². The summed E-state index contributed by atoms with van der Waals surface area (Å²) >= 11 is 0. The van der Waals surface area contributed by atoms with Crippen molar-refractivity contribution >= 4 is 5.97 Å². The molecule has 1 fully saturated rings. The average molecular weight is 296 g/mol. The van der Waals surface area contributed by atoms with Crippen molar-refractivity contribution in [3.05, 3.63) is 59.7 Å². The van der Waals surface area contributed by atoms with Crippen molar-refractivity contribution in [2.45, 2.75) is 24.9 Å². The third-order valence-corrected chi connectivity index (χ3v) is 4.37. The third-order valence-electron chi connectivity index (χ3n) is 4.37. The van der Waals surface area contributed by atoms with Gasteiger partial charge in [-0.1, -0.05) is 42.5 Å². The Labute approximate surface area is 128 Å². The van der Waals surface area contributed by atoms with Crippen LogP contribution in [0.4, 0.5) is 0 Å². The van der Waals surface area contributed by atoms with Gasteiger partial charge in [-0.05, 0) is 18.6 Å². The van der Waals surface area contributed by atoms with Crippen LogP contribution in [-0.4, -0.2) is 12.8 Å². The smallest absolute Gasteiger partial charge is 0.314 e. The van der Waals surface area contributed by atoms with E-state index in [1.165, 1.54) is 0 Å². The molecule has 1 saturated heterocycles. The van der Waals surface area contributed by atoms with Crippen LogP contribution in [0.5, 0.6) is 11.5 Å². The Morgan fingerprint density at radius 1 is 1.05 bits per heavy atom. The van der Waals surface area contributed by atoms with Crippen molar-refractivity contribution in [2.75, 3.05) is 6.79 Å². The van der Waals surface area contributed by atoms with Crippen molar-refractivity contribution in [1.82, 2.24) is 0 Å². The van der Waals surface area contributed by atoms with Gasteiger partial charge in [0.15, 0.2) is 11.5 Å². The monoisotopic (exact) mass is 296 g/mol. The van der Waals surface area contributed by atoms with Crippen molar-refractivity contribution < 1.29 is 19.0 Å². The maximum atomic E-state index is 12.4. The quantitative estimate of drug-likeness (QED) is 0.797. The summed E-state index contributed by atoms with van der Waals surface area (Å²) in [7, 11) is 0. The van der Waals surface area contributed by atoms with E-state index in [0.29, 0.717) is 17.9 Å². The molecule has 0 bridgehead atoms. The molecule has 2 aliphatic rings. The molecule has 4 rings (SSSR count). The highest BCUT2D eigenvalue weighted by atomic mass is 16.7. The van der Waals surface area contributed by atoms with E-state index < -0.39 is 5.60 Å². The van der Waals surface area contributed by atoms with E-state index in [1.807, 2.05) is 55.5 Å². The van der Waals surface area contributed by atoms with Gasteiger partial charge in [-0.15, -0.1) is 0 Å². The van der Waals surface area contributed by atoms with E-state index in [-0.39, 0.29) is 18.7 Å². The van der Waals surface area contributed by atoms with Gasteiger partial charge in [0.1, 0.15) is 5.60 Å². The van der Waals surface area contributed by atoms with Gasteiger partial charge in [0.05, 0.1) is 5.92 Å². The number of hydrogen-bond acceptors (Lipinski definition) is 4. The standard InChI is InChI=1S/C18H16O4/c1-18(14-8-5-9-15-16(14)21-11-20-15)10-13(17(19)22-18)12-6-3-2-4-7-12/h2-9,13H,10-11H2,1H3/t13-,18-/m1/s1. The van der Waals surface area contributed by atoms with Gasteiger partial charge in [-0.3, -0.25) is 4.79 Å². The Balaban J connectivity index is 1.72. The predicted octanol–water partition coefficient (Wildman–Crippen LogP) is 3.36. The van der Waals surface area contributed by atoms with Crippen LogP contribution in [0.3, 0.4) is 0 Å². The molecule has 2 aromatic rings. The summed E-state index contributed by atoms with van der Waals surface area (Å²) in [6, 6.07) is 15.5. The van der Waals surface area contributed by atoms with Crippen LogP contribution < -0.4 is 9.47 Å². The highest BCUT2D eigenvalue weighted by Gasteiger charge is 2.47. The molecule has 2 atom stereocenters. The fourth-order valence-electron chi connectivity index (χ4n) is 3.26. The van der Waals surface area contributed by atoms with Gasteiger partial charge in [0.2, 0.25) is 6.79 Å². The second-order valence-corrected chi connectivity index (χ2v) is 5.86. The lowest BCUT2D eigenvalue weighted by Crippen LogP contribution is -2.21. The molecule has 0 spiro atoms. The van der Waals surface area contributed by atoms with Crippen LogP contribution in [-0.2, 0) is 15.1 Å². The molecule has 112 valence electrons. The molecule has 2 aromatic carbocycles. The second kappa shape index (κ2) is 4.77. The summed E-state index contributed by atoms with van der Waals surface area (Å²) in [5.41, 5.74) is 1.16. The lowest BCUT2D eigenvalue weighted by Gasteiger charge is -2.24. The molecule has 4 nitrogen and oxygen atoms in total. The van der Waals surface area contributed by atoms with Gasteiger partial charge in [-0.2, -0.15) is 0 Å². The number of ether oxygens (including phenoxy) is 3. The number of esters is 1. The lowest BCUT2D eigenvalue weighted by molar-refractivity contribution is -0.148.